The Balaban J connectivity index is 1.92. The standard InChI is InChI=1S/C16H15FN4O/c1-10-15(4-3-13(18)16(10)17)22-12-5-6-19-14(7-12)11-8-20-21(2)9-11/h3-9H,18H2,1-2H3. The van der Waals surface area contributed by atoms with E-state index in [1.165, 1.54) is 6.07 Å². The van der Waals surface area contributed by atoms with E-state index in [1.807, 2.05) is 13.2 Å². The highest BCUT2D eigenvalue weighted by atomic mass is 19.1. The molecule has 0 amide bonds. The second kappa shape index (κ2) is 5.48. The van der Waals surface area contributed by atoms with Crippen molar-refractivity contribution < 1.29 is 9.13 Å². The number of pyridine rings is 1. The normalized spacial score (nSPS) is 10.7. The Morgan fingerprint density at radius 3 is 2.82 bits per heavy atom. The van der Waals surface area contributed by atoms with Gasteiger partial charge in [0.05, 0.1) is 17.6 Å². The van der Waals surface area contributed by atoms with Gasteiger partial charge in [0.25, 0.3) is 0 Å². The average molecular weight is 298 g/mol. The first-order valence-electron chi connectivity index (χ1n) is 6.72. The summed E-state index contributed by atoms with van der Waals surface area (Å²) in [6.07, 6.45) is 5.22. The van der Waals surface area contributed by atoms with Gasteiger partial charge in [0, 0.05) is 36.6 Å². The number of nitrogens with two attached hydrogens (primary N) is 1. The van der Waals surface area contributed by atoms with Crippen LogP contribution in [0.1, 0.15) is 5.56 Å². The van der Waals surface area contributed by atoms with Gasteiger partial charge in [-0.05, 0) is 25.1 Å². The second-order valence-electron chi connectivity index (χ2n) is 4.97. The van der Waals surface area contributed by atoms with Crippen molar-refractivity contribution in [2.45, 2.75) is 6.92 Å². The van der Waals surface area contributed by atoms with Crippen LogP contribution < -0.4 is 10.5 Å². The van der Waals surface area contributed by atoms with Crippen molar-refractivity contribution in [3.8, 4) is 22.8 Å². The quantitative estimate of drug-likeness (QED) is 0.753. The predicted molar refractivity (Wildman–Crippen MR) is 82.1 cm³/mol. The third kappa shape index (κ3) is 2.63. The van der Waals surface area contributed by atoms with Gasteiger partial charge in [0.1, 0.15) is 11.5 Å². The molecule has 2 heterocycles. The van der Waals surface area contributed by atoms with Gasteiger partial charge in [0.15, 0.2) is 5.82 Å². The molecule has 0 aliphatic heterocycles. The van der Waals surface area contributed by atoms with Crippen LogP contribution in [-0.4, -0.2) is 14.8 Å². The first-order valence-corrected chi connectivity index (χ1v) is 6.72. The molecule has 5 nitrogen and oxygen atoms in total. The van der Waals surface area contributed by atoms with Crippen LogP contribution >= 0.6 is 0 Å². The molecular weight excluding hydrogens is 283 g/mol. The number of benzene rings is 1. The van der Waals surface area contributed by atoms with Crippen LogP contribution in [0.4, 0.5) is 10.1 Å². The lowest BCUT2D eigenvalue weighted by Crippen LogP contribution is -1.96. The molecule has 0 aliphatic rings. The molecule has 0 aliphatic carbocycles. The van der Waals surface area contributed by atoms with Crippen molar-refractivity contribution >= 4 is 5.69 Å². The topological polar surface area (TPSA) is 66.0 Å². The van der Waals surface area contributed by atoms with Gasteiger partial charge in [-0.2, -0.15) is 5.10 Å². The zero-order valence-corrected chi connectivity index (χ0v) is 12.2. The Morgan fingerprint density at radius 1 is 1.27 bits per heavy atom. The molecule has 6 heteroatoms. The molecule has 2 N–H and O–H groups in total. The third-order valence-corrected chi connectivity index (χ3v) is 3.33. The second-order valence-corrected chi connectivity index (χ2v) is 4.97. The van der Waals surface area contributed by atoms with Crippen molar-refractivity contribution in [2.24, 2.45) is 7.05 Å². The zero-order chi connectivity index (χ0) is 15.7. The van der Waals surface area contributed by atoms with Crippen LogP contribution in [0.25, 0.3) is 11.3 Å². The maximum absolute atomic E-state index is 13.8. The maximum atomic E-state index is 13.8. The molecule has 0 unspecified atom stereocenters. The summed E-state index contributed by atoms with van der Waals surface area (Å²) in [5.74, 6) is 0.537. The van der Waals surface area contributed by atoms with Crippen molar-refractivity contribution in [3.63, 3.8) is 0 Å². The third-order valence-electron chi connectivity index (χ3n) is 3.33. The molecule has 2 aromatic heterocycles. The van der Waals surface area contributed by atoms with E-state index >= 15 is 0 Å². The summed E-state index contributed by atoms with van der Waals surface area (Å²) in [6, 6.07) is 6.64. The Kier molecular flexibility index (Phi) is 3.50. The minimum atomic E-state index is -0.459. The Labute approximate surface area is 127 Å². The number of anilines is 1. The highest BCUT2D eigenvalue weighted by molar-refractivity contribution is 5.59. The molecule has 0 bridgehead atoms. The van der Waals surface area contributed by atoms with E-state index in [-0.39, 0.29) is 5.69 Å². The monoisotopic (exact) mass is 298 g/mol. The van der Waals surface area contributed by atoms with Gasteiger partial charge in [0.2, 0.25) is 0 Å². The first-order chi connectivity index (χ1) is 10.5. The number of rotatable bonds is 3. The molecule has 0 fully saturated rings. The number of ether oxygens (including phenoxy) is 1. The first kappa shape index (κ1) is 14.1. The van der Waals surface area contributed by atoms with E-state index in [9.17, 15) is 4.39 Å². The molecular formula is C16H15FN4O. The fourth-order valence-electron chi connectivity index (χ4n) is 2.11. The fraction of sp³-hybridized carbons (Fsp3) is 0.125. The van der Waals surface area contributed by atoms with Crippen LogP contribution in [0.5, 0.6) is 11.5 Å². The largest absolute Gasteiger partial charge is 0.457 e. The van der Waals surface area contributed by atoms with Crippen molar-refractivity contribution in [1.82, 2.24) is 14.8 Å². The van der Waals surface area contributed by atoms with Gasteiger partial charge in [-0.1, -0.05) is 0 Å². The van der Waals surface area contributed by atoms with E-state index < -0.39 is 5.82 Å². The molecule has 112 valence electrons. The van der Waals surface area contributed by atoms with Gasteiger partial charge < -0.3 is 10.5 Å². The number of nitrogen functional groups attached to an aromatic ring is 1. The van der Waals surface area contributed by atoms with Gasteiger partial charge in [-0.3, -0.25) is 9.67 Å². The van der Waals surface area contributed by atoms with Crippen LogP contribution in [0.15, 0.2) is 42.9 Å². The van der Waals surface area contributed by atoms with Crippen LogP contribution in [-0.2, 0) is 7.05 Å². The summed E-state index contributed by atoms with van der Waals surface area (Å²) < 4.78 is 21.3. The molecule has 3 rings (SSSR count). The van der Waals surface area contributed by atoms with Gasteiger partial charge in [-0.25, -0.2) is 4.39 Å². The zero-order valence-electron chi connectivity index (χ0n) is 12.2. The number of nitrogens with zero attached hydrogens (tertiary/aromatic N) is 3. The highest BCUT2D eigenvalue weighted by Crippen LogP contribution is 2.30. The molecule has 22 heavy (non-hydrogen) atoms. The Hall–Kier alpha value is -2.89. The number of hydrogen-bond acceptors (Lipinski definition) is 4. The lowest BCUT2D eigenvalue weighted by atomic mass is 10.2. The van der Waals surface area contributed by atoms with Crippen LogP contribution in [0.3, 0.4) is 0 Å². The van der Waals surface area contributed by atoms with Crippen LogP contribution in [0, 0.1) is 12.7 Å². The molecule has 3 aromatic rings. The Bertz CT molecular complexity index is 829. The predicted octanol–water partition coefficient (Wildman–Crippen LogP) is 3.30. The summed E-state index contributed by atoms with van der Waals surface area (Å²) in [5.41, 5.74) is 7.64. The van der Waals surface area contributed by atoms with Gasteiger partial charge in [-0.15, -0.1) is 0 Å². The molecule has 0 saturated carbocycles. The maximum Gasteiger partial charge on any atom is 0.152 e. The summed E-state index contributed by atoms with van der Waals surface area (Å²) in [4.78, 5) is 4.29. The smallest absolute Gasteiger partial charge is 0.152 e. The minimum absolute atomic E-state index is 0.107. The Morgan fingerprint density at radius 2 is 2.09 bits per heavy atom. The molecule has 0 spiro atoms. The SMILES string of the molecule is Cc1c(Oc2ccnc(-c3cnn(C)c3)c2)ccc(N)c1F. The van der Waals surface area contributed by atoms with E-state index in [0.29, 0.717) is 17.1 Å². The highest BCUT2D eigenvalue weighted by Gasteiger charge is 2.10. The molecule has 0 saturated heterocycles. The number of aryl methyl sites for hydroxylation is 1. The van der Waals surface area contributed by atoms with E-state index in [4.69, 9.17) is 10.5 Å². The lowest BCUT2D eigenvalue weighted by Gasteiger charge is -2.11. The minimum Gasteiger partial charge on any atom is -0.457 e. The van der Waals surface area contributed by atoms with E-state index in [0.717, 1.165) is 11.3 Å². The molecule has 1 aromatic carbocycles. The fourth-order valence-corrected chi connectivity index (χ4v) is 2.11. The van der Waals surface area contributed by atoms with Crippen molar-refractivity contribution in [2.75, 3.05) is 5.73 Å². The number of hydrogen-bond donors (Lipinski definition) is 1. The number of aromatic nitrogens is 3. The number of halogens is 1. The van der Waals surface area contributed by atoms with Gasteiger partial charge >= 0.3 is 0 Å². The van der Waals surface area contributed by atoms with Crippen LogP contribution in [0.2, 0.25) is 0 Å². The summed E-state index contributed by atoms with van der Waals surface area (Å²) in [5, 5.41) is 4.11. The molecule has 0 atom stereocenters. The summed E-state index contributed by atoms with van der Waals surface area (Å²) in [6.45, 7) is 1.63. The summed E-state index contributed by atoms with van der Waals surface area (Å²) >= 11 is 0. The average Bonchev–Trinajstić information content (AvgIpc) is 2.95. The van der Waals surface area contributed by atoms with Crippen molar-refractivity contribution in [3.05, 3.63) is 54.2 Å². The summed E-state index contributed by atoms with van der Waals surface area (Å²) in [7, 11) is 1.84. The lowest BCUT2D eigenvalue weighted by molar-refractivity contribution is 0.471. The van der Waals surface area contributed by atoms with Crippen molar-refractivity contribution in [1.29, 1.82) is 0 Å². The van der Waals surface area contributed by atoms with E-state index in [1.54, 1.807) is 42.2 Å². The van der Waals surface area contributed by atoms with E-state index in [2.05, 4.69) is 10.1 Å². The molecule has 0 radical (unpaired) electrons.